The van der Waals surface area contributed by atoms with Crippen LogP contribution in [0.15, 0.2) is 36.7 Å². The Morgan fingerprint density at radius 1 is 0.818 bits per heavy atom. The first-order valence-electron chi connectivity index (χ1n) is 13.3. The highest BCUT2D eigenvalue weighted by Gasteiger charge is 2.12. The predicted molar refractivity (Wildman–Crippen MR) is 137 cm³/mol. The zero-order valence-electron chi connectivity index (χ0n) is 21.2. The third-order valence-corrected chi connectivity index (χ3v) is 6.30. The van der Waals surface area contributed by atoms with Crippen LogP contribution in [0.3, 0.4) is 0 Å². The topological polar surface area (TPSA) is 35.0 Å². The second-order valence-electron chi connectivity index (χ2n) is 9.53. The normalized spacial score (nSPS) is 13.1. The van der Waals surface area contributed by atoms with Gasteiger partial charge in [-0.05, 0) is 55.0 Å². The van der Waals surface area contributed by atoms with E-state index >= 15 is 0 Å². The molecule has 2 rings (SSSR count). The van der Waals surface area contributed by atoms with Crippen LogP contribution in [-0.4, -0.2) is 22.7 Å². The van der Waals surface area contributed by atoms with Gasteiger partial charge < -0.3 is 4.74 Å². The second kappa shape index (κ2) is 16.6. The predicted octanol–water partition coefficient (Wildman–Crippen LogP) is 8.76. The van der Waals surface area contributed by atoms with Crippen molar-refractivity contribution in [1.29, 1.82) is 0 Å². The van der Waals surface area contributed by atoms with Gasteiger partial charge in [-0.15, -0.1) is 0 Å². The van der Waals surface area contributed by atoms with E-state index in [2.05, 4.69) is 30.7 Å². The summed E-state index contributed by atoms with van der Waals surface area (Å²) in [4.78, 5) is 9.10. The molecule has 0 aliphatic heterocycles. The fourth-order valence-corrected chi connectivity index (χ4v) is 4.15. The van der Waals surface area contributed by atoms with Crippen LogP contribution >= 0.6 is 0 Å². The number of rotatable bonds is 18. The molecular weight excluding hydrogens is 411 g/mol. The van der Waals surface area contributed by atoms with Crippen molar-refractivity contribution < 1.29 is 9.13 Å². The largest absolute Gasteiger partial charge is 0.493 e. The van der Waals surface area contributed by atoms with Crippen LogP contribution < -0.4 is 4.74 Å². The van der Waals surface area contributed by atoms with Gasteiger partial charge in [0.2, 0.25) is 0 Å². The molecule has 0 radical (unpaired) electrons. The van der Waals surface area contributed by atoms with Gasteiger partial charge in [0.05, 0.1) is 6.61 Å². The fourth-order valence-electron chi connectivity index (χ4n) is 4.15. The highest BCUT2D eigenvalue weighted by molar-refractivity contribution is 5.55. The second-order valence-corrected chi connectivity index (χ2v) is 9.53. The Hall–Kier alpha value is -1.97. The lowest BCUT2D eigenvalue weighted by Gasteiger charge is -2.15. The Bertz CT molecular complexity index is 732. The molecule has 2 aromatic rings. The van der Waals surface area contributed by atoms with E-state index in [1.54, 1.807) is 0 Å². The van der Waals surface area contributed by atoms with Gasteiger partial charge in [0.1, 0.15) is 11.9 Å². The molecule has 1 aromatic heterocycles. The fraction of sp³-hybridized carbons (Fsp3) is 0.655. The van der Waals surface area contributed by atoms with Gasteiger partial charge in [-0.3, -0.25) is 0 Å². The molecule has 2 atom stereocenters. The maximum absolute atomic E-state index is 14.2. The molecule has 33 heavy (non-hydrogen) atoms. The molecule has 4 heteroatoms. The van der Waals surface area contributed by atoms with E-state index in [0.29, 0.717) is 25.4 Å². The van der Waals surface area contributed by atoms with Crippen LogP contribution in [-0.2, 0) is 6.42 Å². The number of hydrogen-bond acceptors (Lipinski definition) is 3. The van der Waals surface area contributed by atoms with Gasteiger partial charge in [-0.25, -0.2) is 14.4 Å². The summed E-state index contributed by atoms with van der Waals surface area (Å²) < 4.78 is 19.9. The van der Waals surface area contributed by atoms with Crippen LogP contribution in [0.2, 0.25) is 0 Å². The van der Waals surface area contributed by atoms with Crippen molar-refractivity contribution in [2.45, 2.75) is 110 Å². The summed E-state index contributed by atoms with van der Waals surface area (Å²) >= 11 is 0. The van der Waals surface area contributed by atoms with Crippen molar-refractivity contribution in [1.82, 2.24) is 9.97 Å². The molecule has 0 N–H and O–H groups in total. The van der Waals surface area contributed by atoms with E-state index in [4.69, 9.17) is 4.74 Å². The molecule has 1 heterocycles. The molecule has 1 aromatic carbocycles. The maximum atomic E-state index is 14.2. The Morgan fingerprint density at radius 2 is 1.45 bits per heavy atom. The van der Waals surface area contributed by atoms with E-state index < -0.39 is 6.17 Å². The molecule has 184 valence electrons. The Balaban J connectivity index is 1.68. The number of aryl methyl sites for hydroxylation is 1. The first kappa shape index (κ1) is 27.3. The number of halogens is 1. The van der Waals surface area contributed by atoms with Crippen molar-refractivity contribution >= 4 is 0 Å². The van der Waals surface area contributed by atoms with Crippen LogP contribution in [0.5, 0.6) is 5.75 Å². The zero-order valence-corrected chi connectivity index (χ0v) is 21.2. The van der Waals surface area contributed by atoms with Crippen molar-refractivity contribution in [2.24, 2.45) is 5.92 Å². The molecule has 0 aliphatic rings. The standard InChI is InChI=1S/C29H45FN2O/c1-4-6-8-9-10-11-12-14-25-22-31-29(32-23-25)26-15-17-28(18-16-26)33-20-19-27(30)21-24(3)13-7-5-2/h15-18,22-24,27H,4-14,19-21H2,1-3H3. The van der Waals surface area contributed by atoms with E-state index in [1.807, 2.05) is 36.7 Å². The summed E-state index contributed by atoms with van der Waals surface area (Å²) in [6, 6.07) is 7.78. The number of ether oxygens (including phenoxy) is 1. The lowest BCUT2D eigenvalue weighted by molar-refractivity contribution is 0.205. The van der Waals surface area contributed by atoms with E-state index in [0.717, 1.165) is 30.0 Å². The van der Waals surface area contributed by atoms with E-state index in [9.17, 15) is 4.39 Å². The first-order chi connectivity index (χ1) is 16.1. The minimum Gasteiger partial charge on any atom is -0.493 e. The molecule has 0 saturated heterocycles. The van der Waals surface area contributed by atoms with Crippen molar-refractivity contribution in [3.63, 3.8) is 0 Å². The molecule has 0 aliphatic carbocycles. The lowest BCUT2D eigenvalue weighted by atomic mass is 9.97. The molecular formula is C29H45FN2O. The molecule has 0 saturated carbocycles. The Morgan fingerprint density at radius 3 is 2.12 bits per heavy atom. The number of benzene rings is 1. The molecule has 3 nitrogen and oxygen atoms in total. The third kappa shape index (κ3) is 11.6. The van der Waals surface area contributed by atoms with Gasteiger partial charge >= 0.3 is 0 Å². The summed E-state index contributed by atoms with van der Waals surface area (Å²) in [5.74, 6) is 1.94. The number of alkyl halides is 1. The average molecular weight is 457 g/mol. The molecule has 0 fully saturated rings. The van der Waals surface area contributed by atoms with Crippen molar-refractivity contribution in [3.8, 4) is 17.1 Å². The molecule has 0 amide bonds. The number of hydrogen-bond donors (Lipinski definition) is 0. The Kier molecular flexibility index (Phi) is 13.7. The summed E-state index contributed by atoms with van der Waals surface area (Å²) in [6.07, 6.45) is 17.9. The third-order valence-electron chi connectivity index (χ3n) is 6.30. The van der Waals surface area contributed by atoms with Crippen molar-refractivity contribution in [3.05, 3.63) is 42.2 Å². The van der Waals surface area contributed by atoms with Crippen LogP contribution in [0, 0.1) is 5.92 Å². The number of aromatic nitrogens is 2. The summed E-state index contributed by atoms with van der Waals surface area (Å²) in [7, 11) is 0. The zero-order chi connectivity index (χ0) is 23.7. The monoisotopic (exact) mass is 456 g/mol. The molecule has 0 spiro atoms. The minimum atomic E-state index is -0.788. The van der Waals surface area contributed by atoms with Gasteiger partial charge in [-0.2, -0.15) is 0 Å². The summed E-state index contributed by atoms with van der Waals surface area (Å²) in [5, 5.41) is 0. The minimum absolute atomic E-state index is 0.408. The number of unbranched alkanes of at least 4 members (excludes halogenated alkanes) is 7. The first-order valence-corrected chi connectivity index (χ1v) is 13.3. The summed E-state index contributed by atoms with van der Waals surface area (Å²) in [6.45, 7) is 6.99. The van der Waals surface area contributed by atoms with Gasteiger partial charge in [0, 0.05) is 24.4 Å². The van der Waals surface area contributed by atoms with Crippen LogP contribution in [0.25, 0.3) is 11.4 Å². The SMILES string of the molecule is CCCCCCCCCc1cnc(-c2ccc(OCCC(F)CC(C)CCCC)cc2)nc1. The van der Waals surface area contributed by atoms with Crippen LogP contribution in [0.1, 0.15) is 103 Å². The average Bonchev–Trinajstić information content (AvgIpc) is 2.83. The highest BCUT2D eigenvalue weighted by Crippen LogP contribution is 2.21. The maximum Gasteiger partial charge on any atom is 0.159 e. The Labute approximate surface area is 201 Å². The van der Waals surface area contributed by atoms with E-state index in [-0.39, 0.29) is 0 Å². The lowest BCUT2D eigenvalue weighted by Crippen LogP contribution is -2.11. The molecule has 2 unspecified atom stereocenters. The summed E-state index contributed by atoms with van der Waals surface area (Å²) in [5.41, 5.74) is 2.18. The number of nitrogens with zero attached hydrogens (tertiary/aromatic N) is 2. The smallest absolute Gasteiger partial charge is 0.159 e. The van der Waals surface area contributed by atoms with Crippen molar-refractivity contribution in [2.75, 3.05) is 6.61 Å². The van der Waals surface area contributed by atoms with Gasteiger partial charge in [0.25, 0.3) is 0 Å². The van der Waals surface area contributed by atoms with Crippen LogP contribution in [0.4, 0.5) is 4.39 Å². The van der Waals surface area contributed by atoms with Gasteiger partial charge in [-0.1, -0.05) is 78.6 Å². The molecule has 0 bridgehead atoms. The van der Waals surface area contributed by atoms with Gasteiger partial charge in [0.15, 0.2) is 5.82 Å². The quantitative estimate of drug-likeness (QED) is 0.210. The van der Waals surface area contributed by atoms with E-state index in [1.165, 1.54) is 63.4 Å². The highest BCUT2D eigenvalue weighted by atomic mass is 19.1.